The summed E-state index contributed by atoms with van der Waals surface area (Å²) < 4.78 is 0. The van der Waals surface area contributed by atoms with E-state index in [-0.39, 0.29) is 11.8 Å². The zero-order valence-electron chi connectivity index (χ0n) is 16.1. The third-order valence-corrected chi connectivity index (χ3v) is 5.23. The molecule has 140 valence electrons. The predicted molar refractivity (Wildman–Crippen MR) is 113 cm³/mol. The van der Waals surface area contributed by atoms with Gasteiger partial charge in [-0.05, 0) is 64.2 Å². The Kier molecular flexibility index (Phi) is 10.5. The molecule has 0 saturated heterocycles. The number of ketones is 1. The van der Waals surface area contributed by atoms with E-state index in [2.05, 4.69) is 72.9 Å². The van der Waals surface area contributed by atoms with Gasteiger partial charge in [-0.2, -0.15) is 0 Å². The fourth-order valence-electron chi connectivity index (χ4n) is 3.71. The zero-order valence-corrected chi connectivity index (χ0v) is 16.1. The zero-order chi connectivity index (χ0) is 18.3. The van der Waals surface area contributed by atoms with Crippen molar-refractivity contribution in [2.24, 2.45) is 11.8 Å². The van der Waals surface area contributed by atoms with Gasteiger partial charge >= 0.3 is 0 Å². The number of hydrogen-bond donors (Lipinski definition) is 0. The summed E-state index contributed by atoms with van der Waals surface area (Å²) in [5.74, 6) is 0.988. The summed E-state index contributed by atoms with van der Waals surface area (Å²) in [5, 5.41) is 0. The fourth-order valence-corrected chi connectivity index (χ4v) is 3.71. The minimum Gasteiger partial charge on any atom is -0.299 e. The minimum absolute atomic E-state index is 0.230. The molecule has 0 radical (unpaired) electrons. The highest BCUT2D eigenvalue weighted by atomic mass is 16.1. The first-order valence-corrected chi connectivity index (χ1v) is 10.4. The van der Waals surface area contributed by atoms with Gasteiger partial charge in [-0.25, -0.2) is 0 Å². The van der Waals surface area contributed by atoms with Crippen LogP contribution in [0.1, 0.15) is 64.2 Å². The molecule has 0 bridgehead atoms. The van der Waals surface area contributed by atoms with Crippen LogP contribution in [0.15, 0.2) is 72.9 Å². The summed E-state index contributed by atoms with van der Waals surface area (Å²) in [6, 6.07) is 0. The second kappa shape index (κ2) is 13.3. The molecule has 0 N–H and O–H groups in total. The molecule has 0 heterocycles. The lowest BCUT2D eigenvalue weighted by molar-refractivity contribution is -0.127. The van der Waals surface area contributed by atoms with Crippen molar-refractivity contribution in [1.29, 1.82) is 0 Å². The number of hydrogen-bond acceptors (Lipinski definition) is 1. The third-order valence-electron chi connectivity index (χ3n) is 5.23. The van der Waals surface area contributed by atoms with Gasteiger partial charge < -0.3 is 0 Å². The first-order chi connectivity index (χ1) is 12.9. The van der Waals surface area contributed by atoms with E-state index in [0.717, 1.165) is 64.2 Å². The van der Waals surface area contributed by atoms with Gasteiger partial charge in [-0.3, -0.25) is 4.79 Å². The summed E-state index contributed by atoms with van der Waals surface area (Å²) >= 11 is 0. The molecule has 0 aromatic rings. The topological polar surface area (TPSA) is 17.1 Å². The van der Waals surface area contributed by atoms with Crippen LogP contribution < -0.4 is 0 Å². The number of rotatable bonds is 2. The van der Waals surface area contributed by atoms with Crippen molar-refractivity contribution in [2.45, 2.75) is 64.2 Å². The van der Waals surface area contributed by atoms with Crippen molar-refractivity contribution in [2.75, 3.05) is 0 Å². The van der Waals surface area contributed by atoms with Crippen LogP contribution in [0, 0.1) is 11.8 Å². The molecule has 1 nitrogen and oxygen atoms in total. The van der Waals surface area contributed by atoms with Crippen molar-refractivity contribution in [3.05, 3.63) is 72.9 Å². The van der Waals surface area contributed by atoms with E-state index >= 15 is 0 Å². The Morgan fingerprint density at radius 1 is 0.500 bits per heavy atom. The van der Waals surface area contributed by atoms with Crippen molar-refractivity contribution in [3.63, 3.8) is 0 Å². The molecule has 26 heavy (non-hydrogen) atoms. The Bertz CT molecular complexity index is 521. The minimum atomic E-state index is 0.230. The van der Waals surface area contributed by atoms with Gasteiger partial charge in [0.15, 0.2) is 0 Å². The largest absolute Gasteiger partial charge is 0.299 e. The standard InChI is InChI=1S/C25H34O/c26-25(23-19-15-11-7-3-1-4-8-12-16-20-23)24-21-17-13-9-5-2-6-10-14-18-22-24/h1-11,13,23-24H,12,14-22H2/b3-1-,5-2-,8-4-,10-6-,11-7-,13-9-. The normalized spacial score (nSPS) is 33.1. The molecule has 0 aromatic heterocycles. The van der Waals surface area contributed by atoms with E-state index in [1.54, 1.807) is 0 Å². The average Bonchev–Trinajstić information content (AvgIpc) is 2.62. The fraction of sp³-hybridized carbons (Fsp3) is 0.480. The smallest absolute Gasteiger partial charge is 0.139 e. The summed E-state index contributed by atoms with van der Waals surface area (Å²) in [6.07, 6.45) is 36.1. The highest BCUT2D eigenvalue weighted by Gasteiger charge is 2.25. The number of carbonyl (C=O) groups excluding carboxylic acids is 1. The molecule has 0 amide bonds. The van der Waals surface area contributed by atoms with Crippen LogP contribution in [0.2, 0.25) is 0 Å². The first-order valence-electron chi connectivity index (χ1n) is 10.4. The Hall–Kier alpha value is -1.89. The van der Waals surface area contributed by atoms with Crippen LogP contribution in [-0.2, 0) is 4.79 Å². The van der Waals surface area contributed by atoms with Crippen molar-refractivity contribution >= 4 is 5.78 Å². The molecule has 0 spiro atoms. The van der Waals surface area contributed by atoms with E-state index in [0.29, 0.717) is 5.78 Å². The second-order valence-electron chi connectivity index (χ2n) is 7.30. The Morgan fingerprint density at radius 3 is 1.31 bits per heavy atom. The summed E-state index contributed by atoms with van der Waals surface area (Å²) in [6.45, 7) is 0. The van der Waals surface area contributed by atoms with Crippen LogP contribution in [0.3, 0.4) is 0 Å². The highest BCUT2D eigenvalue weighted by Crippen LogP contribution is 2.27. The summed E-state index contributed by atoms with van der Waals surface area (Å²) in [7, 11) is 0. The van der Waals surface area contributed by atoms with Crippen molar-refractivity contribution < 1.29 is 4.79 Å². The quantitative estimate of drug-likeness (QED) is 0.521. The molecule has 2 aliphatic rings. The predicted octanol–water partition coefficient (Wildman–Crippen LogP) is 7.05. The van der Waals surface area contributed by atoms with Gasteiger partial charge in [-0.15, -0.1) is 0 Å². The maximum absolute atomic E-state index is 13.3. The van der Waals surface area contributed by atoms with Gasteiger partial charge in [0, 0.05) is 11.8 Å². The molecule has 1 heteroatoms. The second-order valence-corrected chi connectivity index (χ2v) is 7.30. The molecule has 2 atom stereocenters. The van der Waals surface area contributed by atoms with Gasteiger partial charge in [0.2, 0.25) is 0 Å². The lowest BCUT2D eigenvalue weighted by Crippen LogP contribution is -2.24. The maximum atomic E-state index is 13.3. The van der Waals surface area contributed by atoms with E-state index in [1.165, 1.54) is 0 Å². The van der Waals surface area contributed by atoms with Crippen LogP contribution in [0.4, 0.5) is 0 Å². The van der Waals surface area contributed by atoms with Gasteiger partial charge in [0.1, 0.15) is 5.78 Å². The van der Waals surface area contributed by atoms with Crippen LogP contribution in [0.25, 0.3) is 0 Å². The molecule has 0 fully saturated rings. The molecule has 0 saturated carbocycles. The molecular formula is C25H34O. The molecule has 2 aliphatic carbocycles. The first kappa shape index (κ1) is 20.4. The lowest BCUT2D eigenvalue weighted by atomic mass is 9.81. The monoisotopic (exact) mass is 350 g/mol. The molecule has 0 aromatic carbocycles. The van der Waals surface area contributed by atoms with E-state index < -0.39 is 0 Å². The Labute approximate surface area is 160 Å². The number of allylic oxidation sites excluding steroid dienone is 12. The lowest BCUT2D eigenvalue weighted by Gasteiger charge is -2.22. The summed E-state index contributed by atoms with van der Waals surface area (Å²) in [4.78, 5) is 13.3. The average molecular weight is 351 g/mol. The van der Waals surface area contributed by atoms with Crippen molar-refractivity contribution in [3.8, 4) is 0 Å². The highest BCUT2D eigenvalue weighted by molar-refractivity contribution is 5.83. The van der Waals surface area contributed by atoms with E-state index in [4.69, 9.17) is 0 Å². The van der Waals surface area contributed by atoms with Crippen molar-refractivity contribution in [1.82, 2.24) is 0 Å². The van der Waals surface area contributed by atoms with Crippen LogP contribution >= 0.6 is 0 Å². The molecule has 0 aliphatic heterocycles. The number of Topliss-reactive ketones (excluding diaryl/α,β-unsaturated/α-hetero) is 1. The SMILES string of the molecule is O=C(C1CC\C=C/C=C\C=C/CCC1)C1CC\C=C/C=C\C=C/CCC1. The Balaban J connectivity index is 1.99. The Morgan fingerprint density at radius 2 is 0.885 bits per heavy atom. The van der Waals surface area contributed by atoms with E-state index in [1.807, 2.05) is 0 Å². The van der Waals surface area contributed by atoms with Gasteiger partial charge in [0.05, 0.1) is 0 Å². The summed E-state index contributed by atoms with van der Waals surface area (Å²) in [5.41, 5.74) is 0. The number of carbonyl (C=O) groups is 1. The van der Waals surface area contributed by atoms with Gasteiger partial charge in [-0.1, -0.05) is 72.9 Å². The third kappa shape index (κ3) is 8.47. The molecule has 2 rings (SSSR count). The van der Waals surface area contributed by atoms with Gasteiger partial charge in [0.25, 0.3) is 0 Å². The van der Waals surface area contributed by atoms with E-state index in [9.17, 15) is 4.79 Å². The maximum Gasteiger partial charge on any atom is 0.139 e. The molecule has 2 unspecified atom stereocenters. The van der Waals surface area contributed by atoms with Crippen LogP contribution in [-0.4, -0.2) is 5.78 Å². The van der Waals surface area contributed by atoms with Crippen LogP contribution in [0.5, 0.6) is 0 Å². The molecular weight excluding hydrogens is 316 g/mol.